The summed E-state index contributed by atoms with van der Waals surface area (Å²) < 4.78 is 6.94. The minimum absolute atomic E-state index is 0.223. The number of rotatable bonds is 5. The Morgan fingerprint density at radius 2 is 2.33 bits per heavy atom. The van der Waals surface area contributed by atoms with Gasteiger partial charge in [0.25, 0.3) is 0 Å². The van der Waals surface area contributed by atoms with E-state index in [1.165, 1.54) is 22.0 Å². The van der Waals surface area contributed by atoms with Crippen LogP contribution in [0.4, 0.5) is 0 Å². The van der Waals surface area contributed by atoms with E-state index in [1.54, 1.807) is 0 Å². The summed E-state index contributed by atoms with van der Waals surface area (Å²) in [5.41, 5.74) is 1.19. The molecule has 1 atom stereocenters. The molecule has 8 heteroatoms. The molecule has 0 aliphatic carbocycles. The molecule has 21 heavy (non-hydrogen) atoms. The van der Waals surface area contributed by atoms with Crippen LogP contribution in [0.15, 0.2) is 29.4 Å². The molecule has 7 nitrogen and oxygen atoms in total. The minimum atomic E-state index is -0.958. The van der Waals surface area contributed by atoms with Crippen LogP contribution >= 0.6 is 11.8 Å². The summed E-state index contributed by atoms with van der Waals surface area (Å²) in [6, 6.07) is 8.00. The van der Waals surface area contributed by atoms with Gasteiger partial charge in [0, 0.05) is 11.7 Å². The highest BCUT2D eigenvalue weighted by atomic mass is 32.2. The number of benzene rings is 1. The van der Waals surface area contributed by atoms with Gasteiger partial charge in [0.15, 0.2) is 0 Å². The highest BCUT2D eigenvalue weighted by molar-refractivity contribution is 7.99. The molecular formula is C13H14N4O3S. The molecule has 2 heterocycles. The van der Waals surface area contributed by atoms with Gasteiger partial charge in [0.2, 0.25) is 5.16 Å². The average molecular weight is 306 g/mol. The van der Waals surface area contributed by atoms with E-state index in [4.69, 9.17) is 9.84 Å². The molecule has 1 aliphatic heterocycles. The molecule has 1 aliphatic rings. The van der Waals surface area contributed by atoms with Crippen molar-refractivity contribution in [3.63, 3.8) is 0 Å². The summed E-state index contributed by atoms with van der Waals surface area (Å²) in [5, 5.41) is 20.5. The van der Waals surface area contributed by atoms with Gasteiger partial charge in [0.1, 0.15) is 12.3 Å². The number of para-hydroxylation sites is 1. The lowest BCUT2D eigenvalue weighted by molar-refractivity contribution is -0.138. The van der Waals surface area contributed by atoms with Crippen molar-refractivity contribution in [3.05, 3.63) is 29.8 Å². The molecule has 1 aromatic carbocycles. The highest BCUT2D eigenvalue weighted by Crippen LogP contribution is 2.36. The van der Waals surface area contributed by atoms with E-state index < -0.39 is 5.97 Å². The largest absolute Gasteiger partial charge is 0.493 e. The number of aliphatic carboxylic acids is 1. The van der Waals surface area contributed by atoms with Gasteiger partial charge in [-0.15, -0.1) is 5.10 Å². The van der Waals surface area contributed by atoms with Gasteiger partial charge in [0.05, 0.1) is 6.61 Å². The Morgan fingerprint density at radius 3 is 3.19 bits per heavy atom. The molecule has 2 aromatic rings. The summed E-state index contributed by atoms with van der Waals surface area (Å²) in [6.07, 6.45) is 0.935. The van der Waals surface area contributed by atoms with Gasteiger partial charge in [-0.05, 0) is 28.5 Å². The smallest absolute Gasteiger partial charge is 0.325 e. The first-order chi connectivity index (χ1) is 10.2. The van der Waals surface area contributed by atoms with Gasteiger partial charge in [-0.3, -0.25) is 4.79 Å². The molecule has 0 spiro atoms. The van der Waals surface area contributed by atoms with Crippen LogP contribution in [0.2, 0.25) is 0 Å². The lowest BCUT2D eigenvalue weighted by atomic mass is 9.95. The highest BCUT2D eigenvalue weighted by Gasteiger charge is 2.22. The molecule has 0 amide bonds. The number of nitrogens with zero attached hydrogens (tertiary/aromatic N) is 4. The van der Waals surface area contributed by atoms with Crippen molar-refractivity contribution in [2.24, 2.45) is 0 Å². The maximum atomic E-state index is 10.7. The molecule has 110 valence electrons. The SMILES string of the molecule is O=C(O)Cn1nnnc1SCC1CCOc2ccccc21. The lowest BCUT2D eigenvalue weighted by Gasteiger charge is -2.25. The molecule has 1 N–H and O–H groups in total. The van der Waals surface area contributed by atoms with Crippen LogP contribution in [0.5, 0.6) is 5.75 Å². The van der Waals surface area contributed by atoms with Gasteiger partial charge >= 0.3 is 5.97 Å². The zero-order chi connectivity index (χ0) is 14.7. The predicted octanol–water partition coefficient (Wildman–Crippen LogP) is 1.42. The Balaban J connectivity index is 1.69. The van der Waals surface area contributed by atoms with E-state index in [-0.39, 0.29) is 6.54 Å². The molecule has 0 saturated heterocycles. The maximum Gasteiger partial charge on any atom is 0.325 e. The van der Waals surface area contributed by atoms with Crippen LogP contribution < -0.4 is 4.74 Å². The monoisotopic (exact) mass is 306 g/mol. The first-order valence-electron chi connectivity index (χ1n) is 6.56. The fraction of sp³-hybridized carbons (Fsp3) is 0.385. The molecule has 1 aromatic heterocycles. The third kappa shape index (κ3) is 3.15. The fourth-order valence-corrected chi connectivity index (χ4v) is 3.33. The van der Waals surface area contributed by atoms with Gasteiger partial charge in [-0.25, -0.2) is 4.68 Å². The summed E-state index contributed by atoms with van der Waals surface area (Å²) >= 11 is 1.47. The van der Waals surface area contributed by atoms with Crippen LogP contribution in [0.3, 0.4) is 0 Å². The molecule has 3 rings (SSSR count). The van der Waals surface area contributed by atoms with Crippen LogP contribution in [0.1, 0.15) is 17.9 Å². The normalized spacial score (nSPS) is 17.0. The number of carboxylic acids is 1. The number of aromatic nitrogens is 4. The van der Waals surface area contributed by atoms with E-state index in [0.29, 0.717) is 17.7 Å². The molecule has 0 saturated carbocycles. The van der Waals surface area contributed by atoms with Crippen LogP contribution in [0.25, 0.3) is 0 Å². The molecule has 0 fully saturated rings. The summed E-state index contributed by atoms with van der Waals surface area (Å²) in [7, 11) is 0. The third-order valence-corrected chi connectivity index (χ3v) is 4.40. The Bertz CT molecular complexity index is 646. The van der Waals surface area contributed by atoms with Crippen LogP contribution in [-0.4, -0.2) is 43.6 Å². The molecule has 1 unspecified atom stereocenters. The summed E-state index contributed by atoms with van der Waals surface area (Å²) in [5.74, 6) is 1.12. The number of hydrogen-bond acceptors (Lipinski definition) is 6. The summed E-state index contributed by atoms with van der Waals surface area (Å²) in [6.45, 7) is 0.474. The summed E-state index contributed by atoms with van der Waals surface area (Å²) in [4.78, 5) is 10.7. The zero-order valence-corrected chi connectivity index (χ0v) is 12.0. The number of thioether (sulfide) groups is 1. The Morgan fingerprint density at radius 1 is 1.48 bits per heavy atom. The predicted molar refractivity (Wildman–Crippen MR) is 75.5 cm³/mol. The number of tetrazole rings is 1. The number of hydrogen-bond donors (Lipinski definition) is 1. The van der Waals surface area contributed by atoms with Crippen molar-refractivity contribution < 1.29 is 14.6 Å². The number of carbonyl (C=O) groups is 1. The first kappa shape index (κ1) is 13.9. The minimum Gasteiger partial charge on any atom is -0.493 e. The lowest BCUT2D eigenvalue weighted by Crippen LogP contribution is -2.16. The maximum absolute atomic E-state index is 10.7. The van der Waals surface area contributed by atoms with Crippen molar-refractivity contribution in [3.8, 4) is 5.75 Å². The molecule has 0 bridgehead atoms. The van der Waals surface area contributed by atoms with Crippen molar-refractivity contribution in [2.75, 3.05) is 12.4 Å². The Labute approximate surface area is 125 Å². The average Bonchev–Trinajstić information content (AvgIpc) is 2.91. The van der Waals surface area contributed by atoms with Crippen molar-refractivity contribution in [2.45, 2.75) is 24.0 Å². The second kappa shape index (κ2) is 6.13. The Hall–Kier alpha value is -2.09. The van der Waals surface area contributed by atoms with E-state index in [9.17, 15) is 4.79 Å². The molecular weight excluding hydrogens is 292 g/mol. The van der Waals surface area contributed by atoms with E-state index in [1.807, 2.05) is 18.2 Å². The van der Waals surface area contributed by atoms with E-state index in [0.717, 1.165) is 17.9 Å². The van der Waals surface area contributed by atoms with Gasteiger partial charge in [-0.1, -0.05) is 30.0 Å². The quantitative estimate of drug-likeness (QED) is 0.835. The number of carboxylic acid groups (broad SMARTS) is 1. The number of ether oxygens (including phenoxy) is 1. The Kier molecular flexibility index (Phi) is 4.05. The standard InChI is InChI=1S/C13H14N4O3S/c18-12(19)7-17-13(14-15-16-17)21-8-9-5-6-20-11-4-2-1-3-10(9)11/h1-4,9H,5-8H2,(H,18,19). The van der Waals surface area contributed by atoms with Crippen molar-refractivity contribution in [1.82, 2.24) is 20.2 Å². The third-order valence-electron chi connectivity index (χ3n) is 3.28. The second-order valence-electron chi connectivity index (χ2n) is 4.70. The first-order valence-corrected chi connectivity index (χ1v) is 7.55. The van der Waals surface area contributed by atoms with E-state index >= 15 is 0 Å². The zero-order valence-electron chi connectivity index (χ0n) is 11.2. The topological polar surface area (TPSA) is 90.1 Å². The fourth-order valence-electron chi connectivity index (χ4n) is 2.29. The van der Waals surface area contributed by atoms with Crippen molar-refractivity contribution >= 4 is 17.7 Å². The number of fused-ring (bicyclic) bond motifs is 1. The van der Waals surface area contributed by atoms with Crippen LogP contribution in [0, 0.1) is 0 Å². The van der Waals surface area contributed by atoms with Crippen molar-refractivity contribution in [1.29, 1.82) is 0 Å². The second-order valence-corrected chi connectivity index (χ2v) is 5.68. The van der Waals surface area contributed by atoms with Crippen LogP contribution in [-0.2, 0) is 11.3 Å². The van der Waals surface area contributed by atoms with Gasteiger partial charge < -0.3 is 9.84 Å². The van der Waals surface area contributed by atoms with Gasteiger partial charge in [-0.2, -0.15) is 0 Å². The molecule has 0 radical (unpaired) electrons. The van der Waals surface area contributed by atoms with E-state index in [2.05, 4.69) is 21.6 Å².